The van der Waals surface area contributed by atoms with E-state index in [0.717, 1.165) is 6.54 Å². The molecule has 2 amide bonds. The molecule has 0 rings (SSSR count). The largest absolute Gasteiger partial charge is 0.444 e. The molecule has 0 radical (unpaired) electrons. The normalized spacial score (nSPS) is 11.3. The molecule has 0 saturated heterocycles. The molecule has 0 aliphatic rings. The fraction of sp³-hybridized carbons (Fsp3) is 0.846. The van der Waals surface area contributed by atoms with Crippen LogP contribution in [0.3, 0.4) is 0 Å². The molecule has 19 heavy (non-hydrogen) atoms. The van der Waals surface area contributed by atoms with Gasteiger partial charge in [0.05, 0.1) is 0 Å². The van der Waals surface area contributed by atoms with E-state index in [1.54, 1.807) is 4.90 Å². The van der Waals surface area contributed by atoms with E-state index < -0.39 is 11.7 Å². The highest BCUT2D eigenvalue weighted by atomic mass is 16.6. The van der Waals surface area contributed by atoms with Gasteiger partial charge < -0.3 is 19.9 Å². The Balaban J connectivity index is 3.99. The van der Waals surface area contributed by atoms with Gasteiger partial charge in [-0.2, -0.15) is 0 Å². The number of hydrogen-bond donors (Lipinski definition) is 1. The maximum Gasteiger partial charge on any atom is 0.407 e. The number of alkyl carbamates (subject to hydrolysis) is 1. The van der Waals surface area contributed by atoms with Crippen molar-refractivity contribution in [2.24, 2.45) is 0 Å². The van der Waals surface area contributed by atoms with Crippen LogP contribution in [0.25, 0.3) is 0 Å². The van der Waals surface area contributed by atoms with Crippen molar-refractivity contribution in [2.75, 3.05) is 40.3 Å². The van der Waals surface area contributed by atoms with Crippen molar-refractivity contribution in [3.63, 3.8) is 0 Å². The van der Waals surface area contributed by atoms with E-state index in [4.69, 9.17) is 4.74 Å². The lowest BCUT2D eigenvalue weighted by Gasteiger charge is -2.24. The van der Waals surface area contributed by atoms with E-state index in [9.17, 15) is 9.59 Å². The van der Waals surface area contributed by atoms with Gasteiger partial charge in [0.1, 0.15) is 5.60 Å². The van der Waals surface area contributed by atoms with Gasteiger partial charge in [-0.25, -0.2) is 4.79 Å². The van der Waals surface area contributed by atoms with Crippen LogP contribution in [0, 0.1) is 0 Å². The Labute approximate surface area is 116 Å². The number of carbonyl (C=O) groups is 2. The van der Waals surface area contributed by atoms with Crippen molar-refractivity contribution in [3.8, 4) is 0 Å². The lowest BCUT2D eigenvalue weighted by Crippen LogP contribution is -2.41. The van der Waals surface area contributed by atoms with E-state index in [1.165, 1.54) is 6.92 Å². The van der Waals surface area contributed by atoms with Gasteiger partial charge in [0.15, 0.2) is 0 Å². The van der Waals surface area contributed by atoms with E-state index in [2.05, 4.69) is 5.32 Å². The van der Waals surface area contributed by atoms with Gasteiger partial charge in [0.25, 0.3) is 0 Å². The molecule has 0 aliphatic heterocycles. The molecule has 0 aliphatic carbocycles. The van der Waals surface area contributed by atoms with Crippen molar-refractivity contribution in [2.45, 2.75) is 33.3 Å². The fourth-order valence-electron chi connectivity index (χ4n) is 1.35. The van der Waals surface area contributed by atoms with Crippen molar-refractivity contribution < 1.29 is 14.3 Å². The summed E-state index contributed by atoms with van der Waals surface area (Å²) in [6.45, 7) is 9.29. The van der Waals surface area contributed by atoms with Gasteiger partial charge in [-0.05, 0) is 34.9 Å². The molecule has 6 nitrogen and oxygen atoms in total. The first-order chi connectivity index (χ1) is 8.61. The first-order valence-electron chi connectivity index (χ1n) is 6.49. The number of hydrogen-bond acceptors (Lipinski definition) is 4. The highest BCUT2D eigenvalue weighted by molar-refractivity contribution is 5.73. The van der Waals surface area contributed by atoms with Crippen LogP contribution >= 0.6 is 0 Å². The third-order valence-corrected chi connectivity index (χ3v) is 2.31. The SMILES string of the molecule is CC(=O)N(CCNC(=O)OC(C)(C)C)CCN(C)C. The zero-order valence-corrected chi connectivity index (χ0v) is 12.9. The van der Waals surface area contributed by atoms with Gasteiger partial charge in [-0.3, -0.25) is 4.79 Å². The van der Waals surface area contributed by atoms with Crippen LogP contribution in [-0.4, -0.2) is 67.7 Å². The van der Waals surface area contributed by atoms with E-state index >= 15 is 0 Å². The second kappa shape index (κ2) is 7.99. The molecule has 0 heterocycles. The molecule has 0 bridgehead atoms. The molecule has 6 heteroatoms. The number of carbonyl (C=O) groups excluding carboxylic acids is 2. The minimum absolute atomic E-state index is 0.00726. The topological polar surface area (TPSA) is 61.9 Å². The van der Waals surface area contributed by atoms with Crippen LogP contribution in [0.4, 0.5) is 4.79 Å². The number of likely N-dealkylation sites (N-methyl/N-ethyl adjacent to an activating group) is 1. The molecule has 0 aromatic carbocycles. The lowest BCUT2D eigenvalue weighted by atomic mass is 10.2. The number of amides is 2. The fourth-order valence-corrected chi connectivity index (χ4v) is 1.35. The Kier molecular flexibility index (Phi) is 7.44. The van der Waals surface area contributed by atoms with Crippen LogP contribution in [0.1, 0.15) is 27.7 Å². The molecule has 1 N–H and O–H groups in total. The second-order valence-electron chi connectivity index (χ2n) is 5.74. The maximum atomic E-state index is 11.4. The third-order valence-electron chi connectivity index (χ3n) is 2.31. The molecule has 0 saturated carbocycles. The van der Waals surface area contributed by atoms with Crippen LogP contribution in [-0.2, 0) is 9.53 Å². The van der Waals surface area contributed by atoms with Crippen molar-refractivity contribution in [3.05, 3.63) is 0 Å². The van der Waals surface area contributed by atoms with Gasteiger partial charge >= 0.3 is 6.09 Å². The summed E-state index contributed by atoms with van der Waals surface area (Å²) in [7, 11) is 3.91. The second-order valence-corrected chi connectivity index (χ2v) is 5.74. The van der Waals surface area contributed by atoms with Gasteiger partial charge in [0.2, 0.25) is 5.91 Å². The van der Waals surface area contributed by atoms with Crippen LogP contribution in [0.15, 0.2) is 0 Å². The third kappa shape index (κ3) is 10.3. The molecule has 112 valence electrons. The Morgan fingerprint density at radius 1 is 1.11 bits per heavy atom. The van der Waals surface area contributed by atoms with E-state index in [-0.39, 0.29) is 5.91 Å². The molecule has 0 fully saturated rings. The minimum atomic E-state index is -0.505. The number of ether oxygens (including phenoxy) is 1. The summed E-state index contributed by atoms with van der Waals surface area (Å²) in [6.07, 6.45) is -0.455. The average molecular weight is 273 g/mol. The summed E-state index contributed by atoms with van der Waals surface area (Å²) in [5.41, 5.74) is -0.505. The zero-order chi connectivity index (χ0) is 15.1. The average Bonchev–Trinajstić information content (AvgIpc) is 2.19. The standard InChI is InChI=1S/C13H27N3O3/c1-11(17)16(10-9-15(5)6)8-7-14-12(18)19-13(2,3)4/h7-10H2,1-6H3,(H,14,18). The summed E-state index contributed by atoms with van der Waals surface area (Å²) in [5.74, 6) is 0.00726. The lowest BCUT2D eigenvalue weighted by molar-refractivity contribution is -0.129. The molecule has 0 unspecified atom stereocenters. The number of nitrogens with zero attached hydrogens (tertiary/aromatic N) is 2. The van der Waals surface area contributed by atoms with Crippen LogP contribution in [0.5, 0.6) is 0 Å². The predicted octanol–water partition coefficient (Wildman–Crippen LogP) is 0.921. The molecular weight excluding hydrogens is 246 g/mol. The summed E-state index contributed by atoms with van der Waals surface area (Å²) in [4.78, 5) is 26.6. The first kappa shape index (κ1) is 17.7. The van der Waals surface area contributed by atoms with Gasteiger partial charge in [-0.1, -0.05) is 0 Å². The van der Waals surface area contributed by atoms with Crippen molar-refractivity contribution in [1.82, 2.24) is 15.1 Å². The van der Waals surface area contributed by atoms with E-state index in [0.29, 0.717) is 19.6 Å². The summed E-state index contributed by atoms with van der Waals surface area (Å²) in [5, 5.41) is 2.64. The Morgan fingerprint density at radius 3 is 2.11 bits per heavy atom. The number of nitrogens with one attached hydrogen (secondary N) is 1. The van der Waals surface area contributed by atoms with Crippen molar-refractivity contribution in [1.29, 1.82) is 0 Å². The molecule has 0 aromatic rings. The monoisotopic (exact) mass is 273 g/mol. The van der Waals surface area contributed by atoms with Crippen molar-refractivity contribution >= 4 is 12.0 Å². The van der Waals surface area contributed by atoms with Crippen LogP contribution in [0.2, 0.25) is 0 Å². The summed E-state index contributed by atoms with van der Waals surface area (Å²) in [6, 6.07) is 0. The number of rotatable bonds is 6. The minimum Gasteiger partial charge on any atom is -0.444 e. The van der Waals surface area contributed by atoms with E-state index in [1.807, 2.05) is 39.8 Å². The first-order valence-corrected chi connectivity index (χ1v) is 6.49. The Bertz CT molecular complexity index is 298. The van der Waals surface area contributed by atoms with Gasteiger partial charge in [-0.15, -0.1) is 0 Å². The van der Waals surface area contributed by atoms with Crippen LogP contribution < -0.4 is 5.32 Å². The highest BCUT2D eigenvalue weighted by Gasteiger charge is 2.16. The predicted molar refractivity (Wildman–Crippen MR) is 75.0 cm³/mol. The molecule has 0 atom stereocenters. The highest BCUT2D eigenvalue weighted by Crippen LogP contribution is 2.06. The smallest absolute Gasteiger partial charge is 0.407 e. The molecular formula is C13H27N3O3. The molecule has 0 spiro atoms. The Morgan fingerprint density at radius 2 is 1.68 bits per heavy atom. The molecule has 0 aromatic heterocycles. The summed E-state index contributed by atoms with van der Waals surface area (Å²) >= 11 is 0. The maximum absolute atomic E-state index is 11.4. The summed E-state index contributed by atoms with van der Waals surface area (Å²) < 4.78 is 5.12. The Hall–Kier alpha value is -1.30. The zero-order valence-electron chi connectivity index (χ0n) is 12.9. The van der Waals surface area contributed by atoms with Gasteiger partial charge in [0, 0.05) is 33.1 Å². The quantitative estimate of drug-likeness (QED) is 0.782.